The molecule has 0 spiro atoms. The van der Waals surface area contributed by atoms with Gasteiger partial charge in [0, 0.05) is 28.1 Å². The molecule has 6 nitrogen and oxygen atoms in total. The number of nitrogens with zero attached hydrogens (tertiary/aromatic N) is 4. The van der Waals surface area contributed by atoms with E-state index < -0.39 is 0 Å². The lowest BCUT2D eigenvalue weighted by molar-refractivity contribution is 0.0957. The average molecular weight is 353 g/mol. The van der Waals surface area contributed by atoms with Crippen molar-refractivity contribution in [1.82, 2.24) is 25.1 Å². The minimum atomic E-state index is -0.191. The van der Waals surface area contributed by atoms with Crippen molar-refractivity contribution in [1.29, 1.82) is 0 Å². The van der Waals surface area contributed by atoms with Crippen LogP contribution in [0.4, 0.5) is 0 Å². The highest BCUT2D eigenvalue weighted by atomic mass is 32.1. The Morgan fingerprint density at radius 1 is 1.40 bits per heavy atom. The van der Waals surface area contributed by atoms with Crippen LogP contribution in [0.5, 0.6) is 0 Å². The summed E-state index contributed by atoms with van der Waals surface area (Å²) >= 11 is 1.74. The van der Waals surface area contributed by atoms with Gasteiger partial charge < -0.3 is 5.32 Å². The number of hydrogen-bond donors (Lipinski definition) is 1. The standard InChI is InChI=1S/C18H19N5OS/c1-5-7-19-17(24)15-10-21-23(12(15)3)18-20-8-6-16(22-18)14-9-11(2)25-13(14)4/h5-6,8-10H,1,7H2,2-4H3,(H,19,24). The molecule has 0 aliphatic carbocycles. The van der Waals surface area contributed by atoms with Crippen LogP contribution in [0.2, 0.25) is 0 Å². The van der Waals surface area contributed by atoms with Gasteiger partial charge in [-0.3, -0.25) is 4.79 Å². The molecule has 0 aliphatic rings. The zero-order chi connectivity index (χ0) is 18.0. The first-order chi connectivity index (χ1) is 12.0. The first-order valence-corrected chi connectivity index (χ1v) is 8.67. The smallest absolute Gasteiger partial charge is 0.255 e. The minimum Gasteiger partial charge on any atom is -0.348 e. The SMILES string of the molecule is C=CCNC(=O)c1cnn(-c2nccc(-c3cc(C)sc3C)n2)c1C. The molecule has 3 rings (SSSR count). The molecule has 7 heteroatoms. The maximum Gasteiger partial charge on any atom is 0.255 e. The third-order valence-corrected chi connectivity index (χ3v) is 4.78. The third kappa shape index (κ3) is 3.36. The van der Waals surface area contributed by atoms with Gasteiger partial charge in [-0.25, -0.2) is 14.6 Å². The van der Waals surface area contributed by atoms with E-state index in [0.29, 0.717) is 23.8 Å². The monoisotopic (exact) mass is 353 g/mol. The van der Waals surface area contributed by atoms with Gasteiger partial charge in [0.25, 0.3) is 11.9 Å². The summed E-state index contributed by atoms with van der Waals surface area (Å²) in [4.78, 5) is 23.5. The Hall–Kier alpha value is -2.80. The van der Waals surface area contributed by atoms with E-state index in [0.717, 1.165) is 11.3 Å². The molecule has 0 radical (unpaired) electrons. The average Bonchev–Trinajstić information content (AvgIpc) is 3.14. The molecular formula is C18H19N5OS. The Bertz CT molecular complexity index is 941. The fourth-order valence-electron chi connectivity index (χ4n) is 2.58. The number of carbonyl (C=O) groups excluding carboxylic acids is 1. The quantitative estimate of drug-likeness (QED) is 0.715. The molecule has 0 aromatic carbocycles. The molecule has 0 unspecified atom stereocenters. The Kier molecular flexibility index (Phi) is 4.76. The third-order valence-electron chi connectivity index (χ3n) is 3.81. The molecule has 3 heterocycles. The number of rotatable bonds is 5. The van der Waals surface area contributed by atoms with Crippen LogP contribution in [0.3, 0.4) is 0 Å². The highest BCUT2D eigenvalue weighted by Crippen LogP contribution is 2.29. The lowest BCUT2D eigenvalue weighted by Gasteiger charge is -2.06. The van der Waals surface area contributed by atoms with Crippen molar-refractivity contribution in [2.75, 3.05) is 6.54 Å². The van der Waals surface area contributed by atoms with Gasteiger partial charge in [0.2, 0.25) is 0 Å². The molecule has 3 aromatic heterocycles. The van der Waals surface area contributed by atoms with Crippen molar-refractivity contribution < 1.29 is 4.79 Å². The number of amides is 1. The number of aromatic nitrogens is 4. The first-order valence-electron chi connectivity index (χ1n) is 7.85. The molecule has 1 N–H and O–H groups in total. The second-order valence-corrected chi connectivity index (χ2v) is 7.08. The molecule has 3 aromatic rings. The van der Waals surface area contributed by atoms with E-state index in [1.54, 1.807) is 28.3 Å². The normalized spacial score (nSPS) is 10.7. The van der Waals surface area contributed by atoms with Gasteiger partial charge in [-0.05, 0) is 32.9 Å². The summed E-state index contributed by atoms with van der Waals surface area (Å²) in [6.07, 6.45) is 4.88. The Morgan fingerprint density at radius 3 is 2.88 bits per heavy atom. The summed E-state index contributed by atoms with van der Waals surface area (Å²) in [5, 5.41) is 7.04. The van der Waals surface area contributed by atoms with Crippen LogP contribution in [0.1, 0.15) is 25.8 Å². The van der Waals surface area contributed by atoms with Gasteiger partial charge in [0.1, 0.15) is 0 Å². The number of thiophene rings is 1. The predicted molar refractivity (Wildman–Crippen MR) is 99.2 cm³/mol. The Morgan fingerprint density at radius 2 is 2.20 bits per heavy atom. The Labute approximate surface area is 150 Å². The van der Waals surface area contributed by atoms with Crippen molar-refractivity contribution in [3.05, 3.63) is 58.2 Å². The van der Waals surface area contributed by atoms with Crippen LogP contribution in [-0.2, 0) is 0 Å². The van der Waals surface area contributed by atoms with E-state index >= 15 is 0 Å². The Balaban J connectivity index is 1.97. The van der Waals surface area contributed by atoms with E-state index in [2.05, 4.69) is 46.9 Å². The molecule has 25 heavy (non-hydrogen) atoms. The molecule has 0 atom stereocenters. The zero-order valence-electron chi connectivity index (χ0n) is 14.4. The minimum absolute atomic E-state index is 0.191. The number of aryl methyl sites for hydroxylation is 2. The van der Waals surface area contributed by atoms with E-state index in [1.807, 2.05) is 13.0 Å². The summed E-state index contributed by atoms with van der Waals surface area (Å²) in [5.41, 5.74) is 3.13. The maximum absolute atomic E-state index is 12.2. The molecule has 0 bridgehead atoms. The summed E-state index contributed by atoms with van der Waals surface area (Å²) in [6.45, 7) is 9.99. The summed E-state index contributed by atoms with van der Waals surface area (Å²) in [7, 11) is 0. The van der Waals surface area contributed by atoms with Crippen LogP contribution in [0, 0.1) is 20.8 Å². The molecule has 128 valence electrons. The van der Waals surface area contributed by atoms with E-state index in [4.69, 9.17) is 0 Å². The first kappa shape index (κ1) is 17.0. The fourth-order valence-corrected chi connectivity index (χ4v) is 3.51. The van der Waals surface area contributed by atoms with Crippen molar-refractivity contribution in [2.45, 2.75) is 20.8 Å². The second-order valence-electron chi connectivity index (χ2n) is 5.62. The second kappa shape index (κ2) is 6.98. The van der Waals surface area contributed by atoms with Crippen molar-refractivity contribution in [3.63, 3.8) is 0 Å². The number of carbonyl (C=O) groups is 1. The lowest BCUT2D eigenvalue weighted by atomic mass is 10.2. The van der Waals surface area contributed by atoms with E-state index in [-0.39, 0.29) is 5.91 Å². The van der Waals surface area contributed by atoms with Crippen molar-refractivity contribution in [2.24, 2.45) is 0 Å². The largest absolute Gasteiger partial charge is 0.348 e. The predicted octanol–water partition coefficient (Wildman–Crippen LogP) is 3.23. The van der Waals surface area contributed by atoms with Gasteiger partial charge in [-0.2, -0.15) is 5.10 Å². The van der Waals surface area contributed by atoms with E-state index in [1.165, 1.54) is 16.0 Å². The number of hydrogen-bond acceptors (Lipinski definition) is 5. The molecule has 0 saturated carbocycles. The molecule has 0 aliphatic heterocycles. The van der Waals surface area contributed by atoms with Crippen LogP contribution >= 0.6 is 11.3 Å². The highest BCUT2D eigenvalue weighted by molar-refractivity contribution is 7.12. The van der Waals surface area contributed by atoms with Crippen LogP contribution in [-0.4, -0.2) is 32.2 Å². The molecule has 0 saturated heterocycles. The molecule has 0 fully saturated rings. The van der Waals surface area contributed by atoms with Crippen LogP contribution < -0.4 is 5.32 Å². The lowest BCUT2D eigenvalue weighted by Crippen LogP contribution is -2.23. The highest BCUT2D eigenvalue weighted by Gasteiger charge is 2.17. The maximum atomic E-state index is 12.2. The molecular weight excluding hydrogens is 334 g/mol. The summed E-state index contributed by atoms with van der Waals surface area (Å²) in [5.74, 6) is 0.255. The van der Waals surface area contributed by atoms with Gasteiger partial charge in [-0.15, -0.1) is 17.9 Å². The van der Waals surface area contributed by atoms with Gasteiger partial charge >= 0.3 is 0 Å². The fraction of sp³-hybridized carbons (Fsp3) is 0.222. The number of nitrogens with one attached hydrogen (secondary N) is 1. The molecule has 1 amide bonds. The van der Waals surface area contributed by atoms with Gasteiger partial charge in [0.15, 0.2) is 0 Å². The van der Waals surface area contributed by atoms with Crippen molar-refractivity contribution in [3.8, 4) is 17.2 Å². The van der Waals surface area contributed by atoms with Crippen molar-refractivity contribution >= 4 is 17.2 Å². The van der Waals surface area contributed by atoms with Gasteiger partial charge in [0.05, 0.1) is 23.1 Å². The van der Waals surface area contributed by atoms with Gasteiger partial charge in [-0.1, -0.05) is 6.08 Å². The zero-order valence-corrected chi connectivity index (χ0v) is 15.2. The summed E-state index contributed by atoms with van der Waals surface area (Å²) in [6, 6.07) is 4.00. The topological polar surface area (TPSA) is 72.7 Å². The van der Waals surface area contributed by atoms with Crippen LogP contribution in [0.15, 0.2) is 37.2 Å². The van der Waals surface area contributed by atoms with E-state index in [9.17, 15) is 4.79 Å². The summed E-state index contributed by atoms with van der Waals surface area (Å²) < 4.78 is 1.58. The van der Waals surface area contributed by atoms with Crippen LogP contribution in [0.25, 0.3) is 17.2 Å².